The van der Waals surface area contributed by atoms with Gasteiger partial charge in [-0.05, 0) is 12.1 Å². The predicted octanol–water partition coefficient (Wildman–Crippen LogP) is -1.36. The van der Waals surface area contributed by atoms with Crippen LogP contribution in [0.15, 0.2) is 5.16 Å². The van der Waals surface area contributed by atoms with E-state index in [0.717, 1.165) is 11.1 Å². The molecule has 0 N–H and O–H groups in total. The molecule has 0 aromatic carbocycles. The maximum atomic E-state index is 11.0. The van der Waals surface area contributed by atoms with E-state index in [1.165, 1.54) is 0 Å². The Hall–Kier alpha value is -1.51. The van der Waals surface area contributed by atoms with Gasteiger partial charge in [-0.2, -0.15) is 4.80 Å². The molecule has 1 aromatic heterocycles. The average molecular weight is 234 g/mol. The van der Waals surface area contributed by atoms with E-state index in [4.69, 9.17) is 0 Å². The van der Waals surface area contributed by atoms with Gasteiger partial charge in [0.2, 0.25) is 9.84 Å². The van der Waals surface area contributed by atoms with Crippen molar-refractivity contribution in [2.45, 2.75) is 18.6 Å². The van der Waals surface area contributed by atoms with Crippen molar-refractivity contribution in [3.05, 3.63) is 0 Å². The SMILES string of the molecule is CCOC(=O)Cn1nnc(S(C)(=O)=O)n1. The van der Waals surface area contributed by atoms with Crippen LogP contribution in [0.1, 0.15) is 6.92 Å². The molecule has 8 nitrogen and oxygen atoms in total. The minimum absolute atomic E-state index is 0.243. The van der Waals surface area contributed by atoms with Crippen molar-refractivity contribution < 1.29 is 17.9 Å². The lowest BCUT2D eigenvalue weighted by Gasteiger charge is -1.98. The van der Waals surface area contributed by atoms with Crippen LogP contribution >= 0.6 is 0 Å². The second kappa shape index (κ2) is 4.34. The van der Waals surface area contributed by atoms with Gasteiger partial charge in [0.05, 0.1) is 6.61 Å². The summed E-state index contributed by atoms with van der Waals surface area (Å²) in [5, 5.41) is 9.79. The Balaban J connectivity index is 2.73. The largest absolute Gasteiger partial charge is 0.465 e. The van der Waals surface area contributed by atoms with Gasteiger partial charge in [-0.1, -0.05) is 5.10 Å². The van der Waals surface area contributed by atoms with Gasteiger partial charge >= 0.3 is 5.97 Å². The summed E-state index contributed by atoms with van der Waals surface area (Å²) in [6, 6.07) is 0. The van der Waals surface area contributed by atoms with Gasteiger partial charge in [-0.3, -0.25) is 0 Å². The first-order chi connectivity index (χ1) is 6.93. The molecule has 84 valence electrons. The Morgan fingerprint density at radius 3 is 2.67 bits per heavy atom. The predicted molar refractivity (Wildman–Crippen MR) is 47.6 cm³/mol. The maximum absolute atomic E-state index is 11.0. The summed E-state index contributed by atoms with van der Waals surface area (Å²) in [6.45, 7) is 1.65. The average Bonchev–Trinajstić information content (AvgIpc) is 2.52. The zero-order chi connectivity index (χ0) is 11.5. The molecule has 0 fully saturated rings. The van der Waals surface area contributed by atoms with Crippen molar-refractivity contribution in [3.63, 3.8) is 0 Å². The zero-order valence-electron chi connectivity index (χ0n) is 8.24. The van der Waals surface area contributed by atoms with Gasteiger partial charge < -0.3 is 4.74 Å². The lowest BCUT2D eigenvalue weighted by Crippen LogP contribution is -2.16. The molecular weight excluding hydrogens is 224 g/mol. The molecule has 9 heteroatoms. The summed E-state index contributed by atoms with van der Waals surface area (Å²) in [5.74, 6) is -0.546. The van der Waals surface area contributed by atoms with E-state index >= 15 is 0 Å². The minimum Gasteiger partial charge on any atom is -0.465 e. The number of esters is 1. The van der Waals surface area contributed by atoms with Crippen molar-refractivity contribution in [1.82, 2.24) is 20.2 Å². The monoisotopic (exact) mass is 234 g/mol. The third kappa shape index (κ3) is 3.27. The highest BCUT2D eigenvalue weighted by atomic mass is 32.2. The van der Waals surface area contributed by atoms with Crippen LogP contribution in [-0.4, -0.2) is 47.5 Å². The first-order valence-corrected chi connectivity index (χ1v) is 5.96. The van der Waals surface area contributed by atoms with Crippen LogP contribution in [0, 0.1) is 0 Å². The molecule has 1 heterocycles. The molecule has 0 amide bonds. The smallest absolute Gasteiger partial charge is 0.329 e. The number of sulfone groups is 1. The van der Waals surface area contributed by atoms with Gasteiger partial charge in [0, 0.05) is 6.26 Å². The quantitative estimate of drug-likeness (QED) is 0.592. The number of tetrazole rings is 1. The van der Waals surface area contributed by atoms with Gasteiger partial charge in [0.25, 0.3) is 5.16 Å². The second-order valence-electron chi connectivity index (χ2n) is 2.68. The minimum atomic E-state index is -3.49. The number of nitrogens with zero attached hydrogens (tertiary/aromatic N) is 4. The lowest BCUT2D eigenvalue weighted by molar-refractivity contribution is -0.144. The number of hydrogen-bond acceptors (Lipinski definition) is 7. The van der Waals surface area contributed by atoms with Gasteiger partial charge in [-0.25, -0.2) is 13.2 Å². The Bertz CT molecular complexity index is 451. The molecule has 0 unspecified atom stereocenters. The maximum Gasteiger partial charge on any atom is 0.329 e. The first-order valence-electron chi connectivity index (χ1n) is 4.07. The number of ether oxygens (including phenoxy) is 1. The van der Waals surface area contributed by atoms with Crippen molar-refractivity contribution in [3.8, 4) is 0 Å². The van der Waals surface area contributed by atoms with Gasteiger partial charge in [0.15, 0.2) is 6.54 Å². The number of rotatable bonds is 4. The topological polar surface area (TPSA) is 104 Å². The van der Waals surface area contributed by atoms with Gasteiger partial charge in [-0.15, -0.1) is 5.10 Å². The molecule has 1 rings (SSSR count). The van der Waals surface area contributed by atoms with E-state index < -0.39 is 21.0 Å². The van der Waals surface area contributed by atoms with Crippen LogP contribution in [0.5, 0.6) is 0 Å². The Morgan fingerprint density at radius 1 is 1.53 bits per heavy atom. The van der Waals surface area contributed by atoms with Crippen LogP contribution in [0.2, 0.25) is 0 Å². The van der Waals surface area contributed by atoms with Crippen molar-refractivity contribution in [2.24, 2.45) is 0 Å². The van der Waals surface area contributed by atoms with E-state index in [1.54, 1.807) is 6.92 Å². The summed E-state index contributed by atoms with van der Waals surface area (Å²) in [5.41, 5.74) is 0. The molecule has 0 radical (unpaired) electrons. The molecule has 0 spiro atoms. The van der Waals surface area contributed by atoms with E-state index in [1.807, 2.05) is 0 Å². The van der Waals surface area contributed by atoms with Crippen LogP contribution in [0.3, 0.4) is 0 Å². The number of carbonyl (C=O) groups excluding carboxylic acids is 1. The molecule has 1 aromatic rings. The van der Waals surface area contributed by atoms with Crippen LogP contribution in [-0.2, 0) is 25.9 Å². The fourth-order valence-corrected chi connectivity index (χ4v) is 1.19. The number of carbonyl (C=O) groups is 1. The molecule has 0 saturated carbocycles. The Labute approximate surface area is 86.1 Å². The lowest BCUT2D eigenvalue weighted by atomic mass is 10.7. The molecule has 0 aliphatic carbocycles. The molecule has 0 atom stereocenters. The van der Waals surface area contributed by atoms with Crippen molar-refractivity contribution >= 4 is 15.8 Å². The summed E-state index contributed by atoms with van der Waals surface area (Å²) in [4.78, 5) is 11.8. The normalized spacial score (nSPS) is 11.3. The highest BCUT2D eigenvalue weighted by Crippen LogP contribution is 1.97. The first kappa shape index (κ1) is 11.6. The summed E-state index contributed by atoms with van der Waals surface area (Å²) < 4.78 is 26.6. The molecule has 0 saturated heterocycles. The molecule has 0 aliphatic heterocycles. The summed E-state index contributed by atoms with van der Waals surface area (Å²) >= 11 is 0. The molecule has 0 aliphatic rings. The molecule has 0 bridgehead atoms. The van der Waals surface area contributed by atoms with Crippen molar-refractivity contribution in [2.75, 3.05) is 12.9 Å². The van der Waals surface area contributed by atoms with E-state index in [0.29, 0.717) is 0 Å². The summed E-state index contributed by atoms with van der Waals surface area (Å²) in [6.07, 6.45) is 0.957. The number of hydrogen-bond donors (Lipinski definition) is 0. The Kier molecular flexibility index (Phi) is 3.35. The fraction of sp³-hybridized carbons (Fsp3) is 0.667. The highest BCUT2D eigenvalue weighted by molar-refractivity contribution is 7.90. The van der Waals surface area contributed by atoms with Crippen LogP contribution in [0.25, 0.3) is 0 Å². The van der Waals surface area contributed by atoms with Crippen molar-refractivity contribution in [1.29, 1.82) is 0 Å². The highest BCUT2D eigenvalue weighted by Gasteiger charge is 2.15. The third-order valence-corrected chi connectivity index (χ3v) is 2.17. The van der Waals surface area contributed by atoms with E-state index in [2.05, 4.69) is 20.1 Å². The van der Waals surface area contributed by atoms with Crippen LogP contribution < -0.4 is 0 Å². The standard InChI is InChI=1S/C6H10N4O4S/c1-3-14-5(11)4-10-8-6(7-9-10)15(2,12)13/h3-4H2,1-2H3. The Morgan fingerprint density at radius 2 is 2.20 bits per heavy atom. The molecule has 15 heavy (non-hydrogen) atoms. The molecular formula is C6H10N4O4S. The van der Waals surface area contributed by atoms with Crippen LogP contribution in [0.4, 0.5) is 0 Å². The second-order valence-corrected chi connectivity index (χ2v) is 4.59. The third-order valence-electron chi connectivity index (χ3n) is 1.34. The van der Waals surface area contributed by atoms with E-state index in [9.17, 15) is 13.2 Å². The fourth-order valence-electron chi connectivity index (χ4n) is 0.766. The van der Waals surface area contributed by atoms with E-state index in [-0.39, 0.29) is 13.2 Å². The zero-order valence-corrected chi connectivity index (χ0v) is 9.06. The number of aromatic nitrogens is 4. The van der Waals surface area contributed by atoms with Gasteiger partial charge in [0.1, 0.15) is 0 Å². The summed E-state index contributed by atoms with van der Waals surface area (Å²) in [7, 11) is -3.49.